The van der Waals surface area contributed by atoms with E-state index in [0.29, 0.717) is 18.2 Å². The molecule has 0 unspecified atom stereocenters. The van der Waals surface area contributed by atoms with E-state index in [0.717, 1.165) is 39.0 Å². The number of hydrogen-bond acceptors (Lipinski definition) is 3. The summed E-state index contributed by atoms with van der Waals surface area (Å²) in [6.45, 7) is 4.86. The Morgan fingerprint density at radius 2 is 2.00 bits per heavy atom. The predicted octanol–water partition coefficient (Wildman–Crippen LogP) is -0.129. The first kappa shape index (κ1) is 8.20. The number of ketones is 1. The van der Waals surface area contributed by atoms with Crippen LogP contribution >= 0.6 is 0 Å². The lowest BCUT2D eigenvalue weighted by atomic mass is 10.2. The molecule has 1 aliphatic carbocycles. The third-order valence-electron chi connectivity index (χ3n) is 2.62. The first-order valence-corrected chi connectivity index (χ1v) is 4.82. The highest BCUT2D eigenvalue weighted by Gasteiger charge is 2.30. The monoisotopic (exact) mass is 168 g/mol. The van der Waals surface area contributed by atoms with E-state index in [1.165, 1.54) is 0 Å². The Morgan fingerprint density at radius 1 is 1.33 bits per heavy atom. The molecule has 2 rings (SSSR count). The molecule has 0 atom stereocenters. The van der Waals surface area contributed by atoms with Gasteiger partial charge in [-0.1, -0.05) is 0 Å². The lowest BCUT2D eigenvalue weighted by molar-refractivity contribution is -0.121. The quantitative estimate of drug-likeness (QED) is 0.637. The van der Waals surface area contributed by atoms with Crippen LogP contribution in [0.4, 0.5) is 0 Å². The maximum Gasteiger partial charge on any atom is 0.149 e. The Balaban J connectivity index is 1.73. The third-order valence-corrected chi connectivity index (χ3v) is 2.62. The summed E-state index contributed by atoms with van der Waals surface area (Å²) < 4.78 is 0. The zero-order valence-corrected chi connectivity index (χ0v) is 7.38. The van der Waals surface area contributed by atoms with Crippen molar-refractivity contribution < 1.29 is 4.79 Å². The van der Waals surface area contributed by atoms with Gasteiger partial charge in [0, 0.05) is 32.1 Å². The van der Waals surface area contributed by atoms with E-state index in [1.807, 2.05) is 0 Å². The minimum atomic E-state index is 0.430. The van der Waals surface area contributed by atoms with Crippen LogP contribution in [0.5, 0.6) is 0 Å². The summed E-state index contributed by atoms with van der Waals surface area (Å²) >= 11 is 0. The Hall–Kier alpha value is -0.410. The summed E-state index contributed by atoms with van der Waals surface area (Å²) in [5.74, 6) is 0.900. The molecule has 1 saturated heterocycles. The average molecular weight is 168 g/mol. The fourth-order valence-corrected chi connectivity index (χ4v) is 1.62. The maximum atomic E-state index is 11.4. The predicted molar refractivity (Wildman–Crippen MR) is 47.0 cm³/mol. The summed E-state index contributed by atoms with van der Waals surface area (Å²) in [7, 11) is 0. The van der Waals surface area contributed by atoms with Crippen LogP contribution in [0.1, 0.15) is 12.8 Å². The molecule has 3 nitrogen and oxygen atoms in total. The zero-order chi connectivity index (χ0) is 8.39. The van der Waals surface area contributed by atoms with Gasteiger partial charge >= 0.3 is 0 Å². The molecule has 0 aromatic carbocycles. The summed E-state index contributed by atoms with van der Waals surface area (Å²) in [4.78, 5) is 13.7. The number of piperazine rings is 1. The standard InChI is InChI=1S/C9H16N2O/c12-9(8-1-2-8)7-11-5-3-10-4-6-11/h8,10H,1-7H2. The van der Waals surface area contributed by atoms with Crippen LogP contribution in [0, 0.1) is 5.92 Å². The number of nitrogens with zero attached hydrogens (tertiary/aromatic N) is 1. The van der Waals surface area contributed by atoms with E-state index < -0.39 is 0 Å². The van der Waals surface area contributed by atoms with Gasteiger partial charge in [0.15, 0.2) is 0 Å². The van der Waals surface area contributed by atoms with E-state index in [1.54, 1.807) is 0 Å². The summed E-state index contributed by atoms with van der Waals surface area (Å²) in [5.41, 5.74) is 0. The van der Waals surface area contributed by atoms with E-state index in [4.69, 9.17) is 0 Å². The molecular formula is C9H16N2O. The molecule has 0 radical (unpaired) electrons. The smallest absolute Gasteiger partial charge is 0.149 e. The van der Waals surface area contributed by atoms with Crippen LogP contribution in [-0.2, 0) is 4.79 Å². The molecule has 1 N–H and O–H groups in total. The molecule has 2 aliphatic rings. The lowest BCUT2D eigenvalue weighted by Gasteiger charge is -2.26. The highest BCUT2D eigenvalue weighted by Crippen LogP contribution is 2.29. The molecule has 0 aromatic heterocycles. The fourth-order valence-electron chi connectivity index (χ4n) is 1.62. The highest BCUT2D eigenvalue weighted by molar-refractivity contribution is 5.84. The molecule has 2 fully saturated rings. The van der Waals surface area contributed by atoms with Gasteiger partial charge in [-0.15, -0.1) is 0 Å². The number of rotatable bonds is 3. The van der Waals surface area contributed by atoms with Gasteiger partial charge in [-0.25, -0.2) is 0 Å². The second-order valence-corrected chi connectivity index (χ2v) is 3.77. The normalized spacial score (nSPS) is 25.7. The Labute approximate surface area is 73.1 Å². The zero-order valence-electron chi connectivity index (χ0n) is 7.38. The van der Waals surface area contributed by atoms with Gasteiger partial charge in [-0.05, 0) is 12.8 Å². The van der Waals surface area contributed by atoms with Crippen molar-refractivity contribution in [1.82, 2.24) is 10.2 Å². The van der Waals surface area contributed by atoms with Crippen molar-refractivity contribution in [3.63, 3.8) is 0 Å². The number of hydrogen-bond donors (Lipinski definition) is 1. The fraction of sp³-hybridized carbons (Fsp3) is 0.889. The molecule has 1 aliphatic heterocycles. The number of Topliss-reactive ketones (excluding diaryl/α,β-unsaturated/α-hetero) is 1. The van der Waals surface area contributed by atoms with Crippen molar-refractivity contribution in [3.05, 3.63) is 0 Å². The summed E-state index contributed by atoms with van der Waals surface area (Å²) in [6.07, 6.45) is 2.29. The van der Waals surface area contributed by atoms with Gasteiger partial charge < -0.3 is 5.32 Å². The van der Waals surface area contributed by atoms with Gasteiger partial charge in [0.25, 0.3) is 0 Å². The van der Waals surface area contributed by atoms with E-state index >= 15 is 0 Å². The average Bonchev–Trinajstić information content (AvgIpc) is 2.88. The van der Waals surface area contributed by atoms with E-state index in [9.17, 15) is 4.79 Å². The molecule has 1 heterocycles. The molecule has 1 saturated carbocycles. The van der Waals surface area contributed by atoms with Gasteiger partial charge in [0.1, 0.15) is 5.78 Å². The molecule has 3 heteroatoms. The van der Waals surface area contributed by atoms with E-state index in [-0.39, 0.29) is 0 Å². The Morgan fingerprint density at radius 3 is 2.58 bits per heavy atom. The molecule has 0 spiro atoms. The van der Waals surface area contributed by atoms with Gasteiger partial charge in [0.2, 0.25) is 0 Å². The lowest BCUT2D eigenvalue weighted by Crippen LogP contribution is -2.45. The second-order valence-electron chi connectivity index (χ2n) is 3.77. The number of nitrogens with one attached hydrogen (secondary N) is 1. The summed E-state index contributed by atoms with van der Waals surface area (Å²) in [6, 6.07) is 0. The van der Waals surface area contributed by atoms with Gasteiger partial charge in [-0.2, -0.15) is 0 Å². The molecule has 0 aromatic rings. The molecular weight excluding hydrogens is 152 g/mol. The van der Waals surface area contributed by atoms with Crippen molar-refractivity contribution in [2.75, 3.05) is 32.7 Å². The number of carbonyl (C=O) groups is 1. The van der Waals surface area contributed by atoms with Crippen LogP contribution in [0.15, 0.2) is 0 Å². The highest BCUT2D eigenvalue weighted by atomic mass is 16.1. The topological polar surface area (TPSA) is 32.3 Å². The maximum absolute atomic E-state index is 11.4. The second kappa shape index (κ2) is 3.54. The third kappa shape index (κ3) is 2.05. The largest absolute Gasteiger partial charge is 0.314 e. The van der Waals surface area contributed by atoms with Crippen molar-refractivity contribution in [2.24, 2.45) is 5.92 Å². The first-order chi connectivity index (χ1) is 5.86. The van der Waals surface area contributed by atoms with Crippen LogP contribution in [-0.4, -0.2) is 43.4 Å². The minimum Gasteiger partial charge on any atom is -0.314 e. The SMILES string of the molecule is O=C(CN1CCNCC1)C1CC1. The molecule has 0 amide bonds. The Bertz CT molecular complexity index is 171. The van der Waals surface area contributed by atoms with Crippen LogP contribution in [0.25, 0.3) is 0 Å². The van der Waals surface area contributed by atoms with E-state index in [2.05, 4.69) is 10.2 Å². The van der Waals surface area contributed by atoms with Crippen LogP contribution in [0.2, 0.25) is 0 Å². The van der Waals surface area contributed by atoms with Crippen molar-refractivity contribution in [3.8, 4) is 0 Å². The van der Waals surface area contributed by atoms with Crippen molar-refractivity contribution >= 4 is 5.78 Å². The van der Waals surface area contributed by atoms with Crippen molar-refractivity contribution in [2.45, 2.75) is 12.8 Å². The molecule has 0 bridgehead atoms. The van der Waals surface area contributed by atoms with Crippen molar-refractivity contribution in [1.29, 1.82) is 0 Å². The van der Waals surface area contributed by atoms with Gasteiger partial charge in [-0.3, -0.25) is 9.69 Å². The first-order valence-electron chi connectivity index (χ1n) is 4.82. The Kier molecular flexibility index (Phi) is 2.42. The minimum absolute atomic E-state index is 0.430. The van der Waals surface area contributed by atoms with Crippen LogP contribution in [0.3, 0.4) is 0 Å². The number of carbonyl (C=O) groups excluding carboxylic acids is 1. The molecule has 12 heavy (non-hydrogen) atoms. The van der Waals surface area contributed by atoms with Crippen LogP contribution < -0.4 is 5.32 Å². The molecule has 68 valence electrons. The summed E-state index contributed by atoms with van der Waals surface area (Å²) in [5, 5.41) is 3.28. The van der Waals surface area contributed by atoms with Gasteiger partial charge in [0.05, 0.1) is 6.54 Å².